The lowest BCUT2D eigenvalue weighted by Crippen LogP contribution is -2.43. The summed E-state index contributed by atoms with van der Waals surface area (Å²) in [4.78, 5) is 13.4. The Morgan fingerprint density at radius 1 is 1.27 bits per heavy atom. The van der Waals surface area contributed by atoms with E-state index in [9.17, 15) is 4.79 Å². The number of carbonyl (C=O) groups excluding carboxylic acids is 1. The number of carbonyl (C=O) groups is 1. The molecule has 15 heavy (non-hydrogen) atoms. The molecule has 0 aromatic heterocycles. The predicted molar refractivity (Wildman–Crippen MR) is 60.4 cm³/mol. The molecule has 1 unspecified atom stereocenters. The van der Waals surface area contributed by atoms with Crippen LogP contribution in [0.25, 0.3) is 0 Å². The monoisotopic (exact) mass is 210 g/mol. The van der Waals surface area contributed by atoms with Gasteiger partial charge in [-0.1, -0.05) is 19.3 Å². The average molecular weight is 210 g/mol. The van der Waals surface area contributed by atoms with Crippen LogP contribution in [0.1, 0.15) is 44.9 Å². The van der Waals surface area contributed by atoms with Crippen LogP contribution in [0.3, 0.4) is 0 Å². The van der Waals surface area contributed by atoms with Gasteiger partial charge >= 0.3 is 0 Å². The molecule has 0 bridgehead atoms. The van der Waals surface area contributed by atoms with Crippen molar-refractivity contribution in [1.29, 1.82) is 0 Å². The number of nitrogens with zero attached hydrogens (tertiary/aromatic N) is 1. The Hall–Kier alpha value is -0.570. The van der Waals surface area contributed by atoms with Gasteiger partial charge in [0.05, 0.1) is 0 Å². The summed E-state index contributed by atoms with van der Waals surface area (Å²) in [5.74, 6) is 0.966. The Morgan fingerprint density at radius 3 is 2.60 bits per heavy atom. The first-order valence-electron chi connectivity index (χ1n) is 6.31. The average Bonchev–Trinajstić information content (AvgIpc) is 2.66. The SMILES string of the molecule is NC(CN1CCCC1=O)C1CCCCC1. The standard InChI is InChI=1S/C12H22N2O/c13-11(10-5-2-1-3-6-10)9-14-8-4-7-12(14)15/h10-11H,1-9,13H2. The van der Waals surface area contributed by atoms with Crippen molar-refractivity contribution in [3.8, 4) is 0 Å². The second-order valence-electron chi connectivity index (χ2n) is 5.01. The van der Waals surface area contributed by atoms with Gasteiger partial charge in [0.2, 0.25) is 5.91 Å². The predicted octanol–water partition coefficient (Wildman–Crippen LogP) is 1.52. The third kappa shape index (κ3) is 2.71. The van der Waals surface area contributed by atoms with Crippen molar-refractivity contribution in [3.63, 3.8) is 0 Å². The van der Waals surface area contributed by atoms with E-state index in [0.29, 0.717) is 11.8 Å². The van der Waals surface area contributed by atoms with Crippen molar-refractivity contribution in [3.05, 3.63) is 0 Å². The molecule has 2 N–H and O–H groups in total. The first-order valence-corrected chi connectivity index (χ1v) is 6.31. The van der Waals surface area contributed by atoms with E-state index in [1.54, 1.807) is 0 Å². The first kappa shape index (κ1) is 10.9. The lowest BCUT2D eigenvalue weighted by molar-refractivity contribution is -0.128. The molecule has 0 spiro atoms. The molecule has 86 valence electrons. The summed E-state index contributed by atoms with van der Waals surface area (Å²) in [6.07, 6.45) is 8.31. The van der Waals surface area contributed by atoms with Crippen molar-refractivity contribution >= 4 is 5.91 Å². The van der Waals surface area contributed by atoms with Gasteiger partial charge in [0.1, 0.15) is 0 Å². The van der Waals surface area contributed by atoms with Gasteiger partial charge in [-0.15, -0.1) is 0 Å². The van der Waals surface area contributed by atoms with Gasteiger partial charge in [-0.2, -0.15) is 0 Å². The molecular formula is C12H22N2O. The Kier molecular flexibility index (Phi) is 3.62. The van der Waals surface area contributed by atoms with E-state index in [1.165, 1.54) is 32.1 Å². The number of hydrogen-bond donors (Lipinski definition) is 1. The van der Waals surface area contributed by atoms with E-state index in [2.05, 4.69) is 0 Å². The number of hydrogen-bond acceptors (Lipinski definition) is 2. The fourth-order valence-corrected chi connectivity index (χ4v) is 2.86. The maximum atomic E-state index is 11.5. The molecule has 1 saturated carbocycles. The Balaban J connectivity index is 1.79. The Labute approximate surface area is 92.0 Å². The van der Waals surface area contributed by atoms with Gasteiger partial charge in [0.25, 0.3) is 0 Å². The van der Waals surface area contributed by atoms with Crippen molar-refractivity contribution in [2.24, 2.45) is 11.7 Å². The third-order valence-corrected chi connectivity index (χ3v) is 3.86. The number of nitrogens with two attached hydrogens (primary N) is 1. The number of likely N-dealkylation sites (tertiary alicyclic amines) is 1. The molecule has 2 aliphatic rings. The Bertz CT molecular complexity index is 224. The molecule has 2 rings (SSSR count). The maximum absolute atomic E-state index is 11.5. The van der Waals surface area contributed by atoms with Crippen molar-refractivity contribution in [2.75, 3.05) is 13.1 Å². The fraction of sp³-hybridized carbons (Fsp3) is 0.917. The highest BCUT2D eigenvalue weighted by molar-refractivity contribution is 5.78. The smallest absolute Gasteiger partial charge is 0.222 e. The molecule has 1 heterocycles. The van der Waals surface area contributed by atoms with Crippen LogP contribution in [0.4, 0.5) is 0 Å². The van der Waals surface area contributed by atoms with E-state index < -0.39 is 0 Å². The molecule has 1 aliphatic carbocycles. The van der Waals surface area contributed by atoms with Crippen molar-refractivity contribution < 1.29 is 4.79 Å². The lowest BCUT2D eigenvalue weighted by Gasteiger charge is -2.30. The van der Waals surface area contributed by atoms with Crippen LogP contribution in [0, 0.1) is 5.92 Å². The second-order valence-corrected chi connectivity index (χ2v) is 5.01. The molecule has 3 nitrogen and oxygen atoms in total. The largest absolute Gasteiger partial charge is 0.341 e. The van der Waals surface area contributed by atoms with Gasteiger partial charge < -0.3 is 10.6 Å². The minimum atomic E-state index is 0.215. The van der Waals surface area contributed by atoms with Crippen LogP contribution >= 0.6 is 0 Å². The van der Waals surface area contributed by atoms with Crippen LogP contribution in [-0.4, -0.2) is 29.9 Å². The summed E-state index contributed by atoms with van der Waals surface area (Å²) in [7, 11) is 0. The highest BCUT2D eigenvalue weighted by Crippen LogP contribution is 2.26. The van der Waals surface area contributed by atoms with Gasteiger partial charge in [-0.25, -0.2) is 0 Å². The maximum Gasteiger partial charge on any atom is 0.222 e. The molecule has 1 atom stereocenters. The van der Waals surface area contributed by atoms with Crippen LogP contribution < -0.4 is 5.73 Å². The molecule has 3 heteroatoms. The fourth-order valence-electron chi connectivity index (χ4n) is 2.86. The molecule has 1 amide bonds. The van der Waals surface area contributed by atoms with Gasteiger partial charge in [0.15, 0.2) is 0 Å². The number of amides is 1. The molecule has 0 aromatic rings. The summed E-state index contributed by atoms with van der Waals surface area (Å²) in [6, 6.07) is 0.215. The molecular weight excluding hydrogens is 188 g/mol. The minimum absolute atomic E-state index is 0.215. The summed E-state index contributed by atoms with van der Waals surface area (Å²) >= 11 is 0. The molecule has 0 aromatic carbocycles. The second kappa shape index (κ2) is 4.97. The van der Waals surface area contributed by atoms with E-state index in [4.69, 9.17) is 5.73 Å². The van der Waals surface area contributed by atoms with Gasteiger partial charge in [0, 0.05) is 25.6 Å². The minimum Gasteiger partial charge on any atom is -0.341 e. The van der Waals surface area contributed by atoms with E-state index in [-0.39, 0.29) is 6.04 Å². The van der Waals surface area contributed by atoms with Gasteiger partial charge in [-0.3, -0.25) is 4.79 Å². The topological polar surface area (TPSA) is 46.3 Å². The zero-order valence-corrected chi connectivity index (χ0v) is 9.45. The summed E-state index contributed by atoms with van der Waals surface area (Å²) in [6.45, 7) is 1.72. The Morgan fingerprint density at radius 2 is 2.00 bits per heavy atom. The normalized spacial score (nSPS) is 25.9. The number of rotatable bonds is 3. The molecule has 2 fully saturated rings. The first-order chi connectivity index (χ1) is 7.27. The summed E-state index contributed by atoms with van der Waals surface area (Å²) in [5, 5.41) is 0. The molecule has 1 saturated heterocycles. The zero-order chi connectivity index (χ0) is 10.7. The summed E-state index contributed by atoms with van der Waals surface area (Å²) < 4.78 is 0. The van der Waals surface area contributed by atoms with E-state index in [1.807, 2.05) is 4.90 Å². The van der Waals surface area contributed by atoms with E-state index in [0.717, 1.165) is 25.9 Å². The van der Waals surface area contributed by atoms with Crippen molar-refractivity contribution in [2.45, 2.75) is 51.0 Å². The van der Waals surface area contributed by atoms with Crippen molar-refractivity contribution in [1.82, 2.24) is 4.90 Å². The zero-order valence-electron chi connectivity index (χ0n) is 9.45. The quantitative estimate of drug-likeness (QED) is 0.767. The van der Waals surface area contributed by atoms with Crippen LogP contribution in [-0.2, 0) is 4.79 Å². The van der Waals surface area contributed by atoms with Crippen LogP contribution in [0.5, 0.6) is 0 Å². The summed E-state index contributed by atoms with van der Waals surface area (Å²) in [5.41, 5.74) is 6.20. The highest BCUT2D eigenvalue weighted by atomic mass is 16.2. The lowest BCUT2D eigenvalue weighted by atomic mass is 9.84. The molecule has 0 radical (unpaired) electrons. The van der Waals surface area contributed by atoms with E-state index >= 15 is 0 Å². The van der Waals surface area contributed by atoms with Crippen LogP contribution in [0.15, 0.2) is 0 Å². The highest BCUT2D eigenvalue weighted by Gasteiger charge is 2.26. The van der Waals surface area contributed by atoms with Gasteiger partial charge in [-0.05, 0) is 25.2 Å². The van der Waals surface area contributed by atoms with Crippen LogP contribution in [0.2, 0.25) is 0 Å². The third-order valence-electron chi connectivity index (χ3n) is 3.86. The molecule has 1 aliphatic heterocycles.